The number of benzene rings is 2. The van der Waals surface area contributed by atoms with Crippen LogP contribution in [0, 0.1) is 0 Å². The molecule has 0 aliphatic carbocycles. The van der Waals surface area contributed by atoms with Gasteiger partial charge < -0.3 is 10.1 Å². The van der Waals surface area contributed by atoms with Crippen LogP contribution in [0.4, 0.5) is 0 Å². The van der Waals surface area contributed by atoms with Crippen molar-refractivity contribution in [3.63, 3.8) is 0 Å². The molecule has 0 fully saturated rings. The molecular weight excluding hydrogens is 298 g/mol. The first-order valence-corrected chi connectivity index (χ1v) is 9.04. The number of carbonyl (C=O) groups is 1. The zero-order valence-electron chi connectivity index (χ0n) is 15.2. The molecule has 24 heavy (non-hydrogen) atoms. The second-order valence-electron chi connectivity index (χ2n) is 6.25. The van der Waals surface area contributed by atoms with Crippen molar-refractivity contribution in [3.05, 3.63) is 41.5 Å². The number of rotatable bonds is 9. The molecule has 0 spiro atoms. The molecule has 0 aliphatic heterocycles. The Morgan fingerprint density at radius 2 is 1.96 bits per heavy atom. The Labute approximate surface area is 145 Å². The third-order valence-electron chi connectivity index (χ3n) is 4.44. The largest absolute Gasteiger partial charge is 0.497 e. The Balaban J connectivity index is 2.07. The fraction of sp³-hybridized carbons (Fsp3) is 0.476. The van der Waals surface area contributed by atoms with Crippen LogP contribution in [0.3, 0.4) is 0 Å². The molecule has 0 heterocycles. The van der Waals surface area contributed by atoms with Gasteiger partial charge in [0.2, 0.25) is 5.91 Å². The molecule has 0 aliphatic rings. The van der Waals surface area contributed by atoms with E-state index in [1.807, 2.05) is 6.07 Å². The van der Waals surface area contributed by atoms with Gasteiger partial charge in [-0.05, 0) is 53.3 Å². The fourth-order valence-electron chi connectivity index (χ4n) is 2.98. The second kappa shape index (κ2) is 9.31. The summed E-state index contributed by atoms with van der Waals surface area (Å²) in [6.45, 7) is 5.01. The molecule has 0 aromatic heterocycles. The van der Waals surface area contributed by atoms with Gasteiger partial charge in [0.1, 0.15) is 5.75 Å². The summed E-state index contributed by atoms with van der Waals surface area (Å²) in [6, 6.07) is 10.7. The molecule has 130 valence electrons. The summed E-state index contributed by atoms with van der Waals surface area (Å²) >= 11 is 0. The predicted octanol–water partition coefficient (Wildman–Crippen LogP) is 4.65. The van der Waals surface area contributed by atoms with Crippen LogP contribution >= 0.6 is 0 Å². The third kappa shape index (κ3) is 4.98. The Hall–Kier alpha value is -2.03. The average molecular weight is 327 g/mol. The van der Waals surface area contributed by atoms with E-state index in [1.54, 1.807) is 7.11 Å². The molecule has 1 N–H and O–H groups in total. The number of amides is 1. The summed E-state index contributed by atoms with van der Waals surface area (Å²) in [6.07, 6.45) is 5.74. The fourth-order valence-corrected chi connectivity index (χ4v) is 2.98. The average Bonchev–Trinajstić information content (AvgIpc) is 2.61. The van der Waals surface area contributed by atoms with E-state index in [2.05, 4.69) is 43.4 Å². The van der Waals surface area contributed by atoms with E-state index < -0.39 is 0 Å². The summed E-state index contributed by atoms with van der Waals surface area (Å²) in [5.74, 6) is 1.04. The summed E-state index contributed by atoms with van der Waals surface area (Å²) in [5.41, 5.74) is 2.61. The van der Waals surface area contributed by atoms with Gasteiger partial charge in [-0.2, -0.15) is 0 Å². The quantitative estimate of drug-likeness (QED) is 0.681. The van der Waals surface area contributed by atoms with Crippen LogP contribution in [0.5, 0.6) is 5.75 Å². The summed E-state index contributed by atoms with van der Waals surface area (Å²) in [4.78, 5) is 11.9. The standard InChI is InChI=1S/C21H29NO2/c1-4-6-7-8-21(23)22-12-11-18-14-16(5-2)13-17-9-10-19(24-3)15-20(17)18/h9-10,13-15H,4-8,11-12H2,1-3H3,(H,22,23). The summed E-state index contributed by atoms with van der Waals surface area (Å²) in [5, 5.41) is 5.50. The highest BCUT2D eigenvalue weighted by Gasteiger charge is 2.07. The Bertz CT molecular complexity index is 679. The predicted molar refractivity (Wildman–Crippen MR) is 101 cm³/mol. The van der Waals surface area contributed by atoms with Gasteiger partial charge in [0, 0.05) is 13.0 Å². The van der Waals surface area contributed by atoms with Gasteiger partial charge in [-0.15, -0.1) is 0 Å². The summed E-state index contributed by atoms with van der Waals surface area (Å²) < 4.78 is 5.36. The number of hydrogen-bond donors (Lipinski definition) is 1. The van der Waals surface area contributed by atoms with Gasteiger partial charge >= 0.3 is 0 Å². The van der Waals surface area contributed by atoms with Crippen LogP contribution in [-0.2, 0) is 17.6 Å². The zero-order valence-corrected chi connectivity index (χ0v) is 15.2. The Morgan fingerprint density at radius 1 is 1.12 bits per heavy atom. The lowest BCUT2D eigenvalue weighted by Gasteiger charge is -2.12. The minimum atomic E-state index is 0.164. The number of methoxy groups -OCH3 is 1. The number of ether oxygens (including phenoxy) is 1. The van der Waals surface area contributed by atoms with Gasteiger partial charge in [-0.1, -0.05) is 44.9 Å². The molecule has 2 aromatic rings. The number of aryl methyl sites for hydroxylation is 1. The van der Waals surface area contributed by atoms with Gasteiger partial charge in [-0.25, -0.2) is 0 Å². The normalized spacial score (nSPS) is 10.8. The van der Waals surface area contributed by atoms with Crippen LogP contribution in [0.1, 0.15) is 50.7 Å². The second-order valence-corrected chi connectivity index (χ2v) is 6.25. The van der Waals surface area contributed by atoms with E-state index in [0.717, 1.165) is 37.9 Å². The number of unbranched alkanes of at least 4 members (excludes halogenated alkanes) is 2. The van der Waals surface area contributed by atoms with Crippen molar-refractivity contribution < 1.29 is 9.53 Å². The Kier molecular flexibility index (Phi) is 7.10. The number of fused-ring (bicyclic) bond motifs is 1. The maximum Gasteiger partial charge on any atom is 0.220 e. The minimum absolute atomic E-state index is 0.164. The minimum Gasteiger partial charge on any atom is -0.497 e. The molecule has 2 rings (SSSR count). The van der Waals surface area contributed by atoms with Gasteiger partial charge in [0.15, 0.2) is 0 Å². The third-order valence-corrected chi connectivity index (χ3v) is 4.44. The lowest BCUT2D eigenvalue weighted by molar-refractivity contribution is -0.121. The van der Waals surface area contributed by atoms with E-state index >= 15 is 0 Å². The molecule has 0 radical (unpaired) electrons. The van der Waals surface area contributed by atoms with Gasteiger partial charge in [-0.3, -0.25) is 4.79 Å². The number of nitrogens with one attached hydrogen (secondary N) is 1. The smallest absolute Gasteiger partial charge is 0.220 e. The monoisotopic (exact) mass is 327 g/mol. The van der Waals surface area contributed by atoms with Crippen molar-refractivity contribution in [3.8, 4) is 5.75 Å². The molecule has 0 unspecified atom stereocenters. The maximum atomic E-state index is 11.9. The van der Waals surface area contributed by atoms with E-state index in [4.69, 9.17) is 4.74 Å². The van der Waals surface area contributed by atoms with E-state index in [1.165, 1.54) is 21.9 Å². The van der Waals surface area contributed by atoms with Crippen LogP contribution in [-0.4, -0.2) is 19.6 Å². The van der Waals surface area contributed by atoms with Crippen molar-refractivity contribution >= 4 is 16.7 Å². The first kappa shape index (κ1) is 18.3. The number of hydrogen-bond acceptors (Lipinski definition) is 2. The maximum absolute atomic E-state index is 11.9. The lowest BCUT2D eigenvalue weighted by Crippen LogP contribution is -2.25. The molecule has 2 aromatic carbocycles. The molecule has 0 atom stereocenters. The molecule has 3 nitrogen and oxygen atoms in total. The SMILES string of the molecule is CCCCCC(=O)NCCc1cc(CC)cc2ccc(OC)cc12. The van der Waals surface area contributed by atoms with E-state index in [9.17, 15) is 4.79 Å². The highest BCUT2D eigenvalue weighted by molar-refractivity contribution is 5.88. The van der Waals surface area contributed by atoms with Crippen molar-refractivity contribution in [1.29, 1.82) is 0 Å². The van der Waals surface area contributed by atoms with Crippen molar-refractivity contribution in [2.45, 2.75) is 52.4 Å². The highest BCUT2D eigenvalue weighted by Crippen LogP contribution is 2.26. The topological polar surface area (TPSA) is 38.3 Å². The molecule has 0 bridgehead atoms. The van der Waals surface area contributed by atoms with Crippen LogP contribution < -0.4 is 10.1 Å². The van der Waals surface area contributed by atoms with Crippen LogP contribution in [0.25, 0.3) is 10.8 Å². The molecule has 0 saturated carbocycles. The van der Waals surface area contributed by atoms with Gasteiger partial charge in [0.25, 0.3) is 0 Å². The van der Waals surface area contributed by atoms with Crippen molar-refractivity contribution in [2.75, 3.05) is 13.7 Å². The van der Waals surface area contributed by atoms with E-state index in [0.29, 0.717) is 13.0 Å². The Morgan fingerprint density at radius 3 is 2.67 bits per heavy atom. The van der Waals surface area contributed by atoms with Crippen LogP contribution in [0.15, 0.2) is 30.3 Å². The first-order valence-electron chi connectivity index (χ1n) is 9.04. The van der Waals surface area contributed by atoms with Crippen LogP contribution in [0.2, 0.25) is 0 Å². The number of carbonyl (C=O) groups excluding carboxylic acids is 1. The van der Waals surface area contributed by atoms with Crippen molar-refractivity contribution in [1.82, 2.24) is 5.32 Å². The molecule has 3 heteroatoms. The van der Waals surface area contributed by atoms with Gasteiger partial charge in [0.05, 0.1) is 7.11 Å². The molecule has 1 amide bonds. The lowest BCUT2D eigenvalue weighted by atomic mass is 9.97. The zero-order chi connectivity index (χ0) is 17.4. The molecule has 0 saturated heterocycles. The highest BCUT2D eigenvalue weighted by atomic mass is 16.5. The molecular formula is C21H29NO2. The first-order chi connectivity index (χ1) is 11.7. The van der Waals surface area contributed by atoms with Crippen molar-refractivity contribution in [2.24, 2.45) is 0 Å². The van der Waals surface area contributed by atoms with E-state index in [-0.39, 0.29) is 5.91 Å². The summed E-state index contributed by atoms with van der Waals surface area (Å²) in [7, 11) is 1.69.